The number of carboxylic acids is 1. The zero-order valence-electron chi connectivity index (χ0n) is 13.3. The van der Waals surface area contributed by atoms with E-state index in [1.807, 2.05) is 35.7 Å². The fourth-order valence-corrected chi connectivity index (χ4v) is 3.46. The van der Waals surface area contributed by atoms with Crippen molar-refractivity contribution in [1.82, 2.24) is 5.16 Å². The van der Waals surface area contributed by atoms with E-state index in [4.69, 9.17) is 4.52 Å². The Morgan fingerprint density at radius 3 is 2.62 bits per heavy atom. The van der Waals surface area contributed by atoms with E-state index < -0.39 is 11.9 Å². The van der Waals surface area contributed by atoms with E-state index in [9.17, 15) is 14.7 Å². The number of nitrogens with zero attached hydrogens (tertiary/aromatic N) is 1. The fourth-order valence-electron chi connectivity index (χ4n) is 2.75. The zero-order chi connectivity index (χ0) is 18.1. The van der Waals surface area contributed by atoms with Crippen molar-refractivity contribution < 1.29 is 19.2 Å². The van der Waals surface area contributed by atoms with Crippen LogP contribution in [0.15, 0.2) is 64.5 Å². The van der Waals surface area contributed by atoms with Crippen molar-refractivity contribution in [3.63, 3.8) is 0 Å². The lowest BCUT2D eigenvalue weighted by Crippen LogP contribution is -2.14. The number of amides is 1. The molecule has 0 radical (unpaired) electrons. The molecule has 0 saturated heterocycles. The molecule has 26 heavy (non-hydrogen) atoms. The Balaban J connectivity index is 1.73. The van der Waals surface area contributed by atoms with Gasteiger partial charge in [-0.05, 0) is 28.3 Å². The molecule has 0 aliphatic heterocycles. The predicted molar refractivity (Wildman–Crippen MR) is 98.7 cm³/mol. The van der Waals surface area contributed by atoms with Crippen LogP contribution in [0.25, 0.3) is 21.3 Å². The minimum Gasteiger partial charge on any atom is -0.477 e. The molecule has 0 spiro atoms. The van der Waals surface area contributed by atoms with Crippen LogP contribution >= 0.6 is 11.3 Å². The van der Waals surface area contributed by atoms with Gasteiger partial charge in [-0.2, -0.15) is 0 Å². The summed E-state index contributed by atoms with van der Waals surface area (Å²) < 4.78 is 5.13. The van der Waals surface area contributed by atoms with Gasteiger partial charge in [-0.25, -0.2) is 4.79 Å². The largest absolute Gasteiger partial charge is 0.477 e. The first-order valence-corrected chi connectivity index (χ1v) is 8.59. The standard InChI is InChI=1S/C19H12N2O4S/c22-17(13-8-3-6-11-5-1-2-7-12(11)13)20-18-15(19(23)24)16(21-25-18)14-9-4-10-26-14/h1-10H,(H,20,22)(H,23,24). The van der Waals surface area contributed by atoms with Crippen LogP contribution in [0.5, 0.6) is 0 Å². The van der Waals surface area contributed by atoms with Crippen molar-refractivity contribution in [2.24, 2.45) is 0 Å². The Hall–Kier alpha value is -3.45. The number of fused-ring (bicyclic) bond motifs is 1. The van der Waals surface area contributed by atoms with Crippen molar-refractivity contribution >= 4 is 39.9 Å². The molecule has 2 aromatic carbocycles. The maximum atomic E-state index is 12.7. The van der Waals surface area contributed by atoms with Crippen LogP contribution in [0, 0.1) is 0 Å². The van der Waals surface area contributed by atoms with Gasteiger partial charge in [0.2, 0.25) is 5.88 Å². The first kappa shape index (κ1) is 16.0. The topological polar surface area (TPSA) is 92.4 Å². The van der Waals surface area contributed by atoms with E-state index in [1.165, 1.54) is 11.3 Å². The molecule has 0 aliphatic rings. The summed E-state index contributed by atoms with van der Waals surface area (Å²) in [6, 6.07) is 16.3. The van der Waals surface area contributed by atoms with E-state index in [0.717, 1.165) is 10.8 Å². The van der Waals surface area contributed by atoms with Crippen LogP contribution < -0.4 is 5.32 Å². The van der Waals surface area contributed by atoms with Gasteiger partial charge in [0.15, 0.2) is 5.56 Å². The summed E-state index contributed by atoms with van der Waals surface area (Å²) >= 11 is 1.34. The summed E-state index contributed by atoms with van der Waals surface area (Å²) in [4.78, 5) is 25.0. The molecule has 0 bridgehead atoms. The van der Waals surface area contributed by atoms with Crippen LogP contribution in [0.1, 0.15) is 20.7 Å². The summed E-state index contributed by atoms with van der Waals surface area (Å²) in [6.07, 6.45) is 0. The minimum absolute atomic E-state index is 0.166. The highest BCUT2D eigenvalue weighted by molar-refractivity contribution is 7.13. The molecule has 4 rings (SSSR count). The maximum Gasteiger partial charge on any atom is 0.343 e. The van der Waals surface area contributed by atoms with Crippen LogP contribution in [0.2, 0.25) is 0 Å². The van der Waals surface area contributed by atoms with E-state index >= 15 is 0 Å². The second kappa shape index (κ2) is 6.45. The number of nitrogens with one attached hydrogen (secondary N) is 1. The van der Waals surface area contributed by atoms with Crippen molar-refractivity contribution in [2.75, 3.05) is 5.32 Å². The Kier molecular flexibility index (Phi) is 3.98. The van der Waals surface area contributed by atoms with Crippen LogP contribution in [0.4, 0.5) is 5.88 Å². The summed E-state index contributed by atoms with van der Waals surface area (Å²) in [5.41, 5.74) is 0.454. The number of hydrogen-bond acceptors (Lipinski definition) is 5. The van der Waals surface area contributed by atoms with E-state index in [1.54, 1.807) is 24.3 Å². The minimum atomic E-state index is -1.22. The number of rotatable bonds is 4. The molecule has 0 fully saturated rings. The summed E-state index contributed by atoms with van der Waals surface area (Å²) in [5.74, 6) is -1.86. The van der Waals surface area contributed by atoms with Crippen LogP contribution in [-0.2, 0) is 0 Å². The van der Waals surface area contributed by atoms with Gasteiger partial charge < -0.3 is 9.63 Å². The molecule has 4 aromatic rings. The summed E-state index contributed by atoms with van der Waals surface area (Å²) in [6.45, 7) is 0. The second-order valence-electron chi connectivity index (χ2n) is 5.50. The maximum absolute atomic E-state index is 12.7. The van der Waals surface area contributed by atoms with Gasteiger partial charge in [0.05, 0.1) is 4.88 Å². The zero-order valence-corrected chi connectivity index (χ0v) is 14.1. The predicted octanol–water partition coefficient (Wildman–Crippen LogP) is 4.51. The molecular formula is C19H12N2O4S. The number of carboxylic acid groups (broad SMARTS) is 1. The highest BCUT2D eigenvalue weighted by Gasteiger charge is 2.26. The third kappa shape index (κ3) is 2.74. The molecule has 0 aliphatic carbocycles. The number of thiophene rings is 1. The number of aromatic nitrogens is 1. The third-order valence-electron chi connectivity index (χ3n) is 3.92. The van der Waals surface area contributed by atoms with E-state index in [-0.39, 0.29) is 17.1 Å². The Morgan fingerprint density at radius 1 is 1.04 bits per heavy atom. The highest BCUT2D eigenvalue weighted by Crippen LogP contribution is 2.32. The molecule has 7 heteroatoms. The molecule has 6 nitrogen and oxygen atoms in total. The fraction of sp³-hybridized carbons (Fsp3) is 0. The molecule has 0 atom stereocenters. The molecule has 2 heterocycles. The van der Waals surface area contributed by atoms with Crippen molar-refractivity contribution in [2.45, 2.75) is 0 Å². The quantitative estimate of drug-likeness (QED) is 0.556. The lowest BCUT2D eigenvalue weighted by atomic mass is 10.0. The Labute approximate surface area is 151 Å². The summed E-state index contributed by atoms with van der Waals surface area (Å²) in [5, 5.41) is 19.4. The number of anilines is 1. The smallest absolute Gasteiger partial charge is 0.343 e. The SMILES string of the molecule is O=C(O)c1c(-c2cccs2)noc1NC(=O)c1cccc2ccccc12. The molecule has 1 amide bonds. The summed E-state index contributed by atoms with van der Waals surface area (Å²) in [7, 11) is 0. The average molecular weight is 364 g/mol. The highest BCUT2D eigenvalue weighted by atomic mass is 32.1. The van der Waals surface area contributed by atoms with Gasteiger partial charge in [0, 0.05) is 5.56 Å². The number of carbonyl (C=O) groups excluding carboxylic acids is 1. The first-order valence-electron chi connectivity index (χ1n) is 7.71. The van der Waals surface area contributed by atoms with Crippen LogP contribution in [-0.4, -0.2) is 22.1 Å². The molecule has 0 unspecified atom stereocenters. The van der Waals surface area contributed by atoms with Crippen molar-refractivity contribution in [3.05, 3.63) is 71.1 Å². The number of benzene rings is 2. The van der Waals surface area contributed by atoms with Crippen molar-refractivity contribution in [3.8, 4) is 10.6 Å². The molecular weight excluding hydrogens is 352 g/mol. The second-order valence-corrected chi connectivity index (χ2v) is 6.45. The number of aromatic carboxylic acids is 1. The average Bonchev–Trinajstić information content (AvgIpc) is 3.30. The van der Waals surface area contributed by atoms with Gasteiger partial charge >= 0.3 is 5.97 Å². The molecule has 2 aromatic heterocycles. The van der Waals surface area contributed by atoms with E-state index in [2.05, 4.69) is 10.5 Å². The molecule has 0 saturated carbocycles. The lowest BCUT2D eigenvalue weighted by Gasteiger charge is -2.06. The first-order chi connectivity index (χ1) is 12.6. The van der Waals surface area contributed by atoms with E-state index in [0.29, 0.717) is 10.4 Å². The Bertz CT molecular complexity index is 1110. The monoisotopic (exact) mass is 364 g/mol. The van der Waals surface area contributed by atoms with Crippen molar-refractivity contribution in [1.29, 1.82) is 0 Å². The van der Waals surface area contributed by atoms with Crippen LogP contribution in [0.3, 0.4) is 0 Å². The third-order valence-corrected chi connectivity index (χ3v) is 4.80. The van der Waals surface area contributed by atoms with Gasteiger partial charge in [-0.1, -0.05) is 47.6 Å². The normalized spacial score (nSPS) is 10.8. The number of hydrogen-bond donors (Lipinski definition) is 2. The Morgan fingerprint density at radius 2 is 1.85 bits per heavy atom. The van der Waals surface area contributed by atoms with Gasteiger partial charge in [0.1, 0.15) is 5.69 Å². The molecule has 2 N–H and O–H groups in total. The molecule has 128 valence electrons. The lowest BCUT2D eigenvalue weighted by molar-refractivity contribution is 0.0698. The van der Waals surface area contributed by atoms with Gasteiger partial charge in [-0.3, -0.25) is 10.1 Å². The van der Waals surface area contributed by atoms with Gasteiger partial charge in [-0.15, -0.1) is 11.3 Å². The number of carbonyl (C=O) groups is 2. The van der Waals surface area contributed by atoms with Gasteiger partial charge in [0.25, 0.3) is 5.91 Å².